The third kappa shape index (κ3) is 14.8. The molecule has 0 aliphatic rings. The molecule has 0 fully saturated rings. The Balaban J connectivity index is 0.000000149. The summed E-state index contributed by atoms with van der Waals surface area (Å²) in [6.07, 6.45) is 7.30. The van der Waals surface area contributed by atoms with E-state index >= 15 is 0 Å². The number of hydrogen-bond acceptors (Lipinski definition) is 0. The van der Waals surface area contributed by atoms with E-state index in [0.29, 0.717) is 16.7 Å². The molecule has 0 bridgehead atoms. The first-order chi connectivity index (χ1) is 45.0. The molecule has 4 heterocycles. The lowest BCUT2D eigenvalue weighted by Gasteiger charge is -2.09. The Morgan fingerprint density at radius 3 is 0.779 bits per heavy atom. The molecular weight excluding hydrogens is 1040 g/mol. The lowest BCUT2D eigenvalue weighted by atomic mass is 9.97. The molecule has 0 unspecified atom stereocenters. The van der Waals surface area contributed by atoms with Gasteiger partial charge in [-0.3, -0.25) is 0 Å². The molecule has 0 aliphatic carbocycles. The van der Waals surface area contributed by atoms with Crippen LogP contribution in [0.1, 0.15) is 68.0 Å². The molecule has 0 saturated carbocycles. The van der Waals surface area contributed by atoms with Crippen LogP contribution in [0.25, 0.3) is 89.5 Å². The molecule has 4 aromatic heterocycles. The molecule has 8 aromatic carbocycles. The van der Waals surface area contributed by atoms with Gasteiger partial charge in [0.1, 0.15) is 28.2 Å². The second-order valence-corrected chi connectivity index (χ2v) is 22.4. The van der Waals surface area contributed by atoms with E-state index in [4.69, 9.17) is 12.3 Å². The maximum Gasteiger partial charge on any atom is 0.212 e. The van der Waals surface area contributed by atoms with Gasteiger partial charge < -0.3 is 0 Å². The zero-order valence-electron chi connectivity index (χ0n) is 60.5. The van der Waals surface area contributed by atoms with Crippen molar-refractivity contribution >= 4 is 0 Å². The third-order valence-electron chi connectivity index (χ3n) is 15.8. The number of aryl methyl sites for hydroxylation is 14. The largest absolute Gasteiger partial charge is 0.212 e. The van der Waals surface area contributed by atoms with E-state index in [1.54, 1.807) is 24.7 Å². The summed E-state index contributed by atoms with van der Waals surface area (Å²) in [6, 6.07) is 79.1. The van der Waals surface area contributed by atoms with E-state index in [2.05, 4.69) is 204 Å². The van der Waals surface area contributed by atoms with Crippen molar-refractivity contribution in [2.24, 2.45) is 28.2 Å². The molecule has 12 aromatic rings. The second-order valence-electron chi connectivity index (χ2n) is 22.4. The molecule has 0 N–H and O–H groups in total. The third-order valence-corrected chi connectivity index (χ3v) is 15.8. The summed E-state index contributed by atoms with van der Waals surface area (Å²) < 4.78 is 76.5. The normalized spacial score (nSPS) is 12.7. The lowest BCUT2D eigenvalue weighted by Crippen LogP contribution is -2.31. The summed E-state index contributed by atoms with van der Waals surface area (Å²) in [4.78, 5) is 0. The van der Waals surface area contributed by atoms with Crippen molar-refractivity contribution in [3.05, 3.63) is 311 Å². The van der Waals surface area contributed by atoms with Crippen LogP contribution in [0.2, 0.25) is 0 Å². The van der Waals surface area contributed by atoms with Gasteiger partial charge in [-0.2, -0.15) is 0 Å². The van der Waals surface area contributed by atoms with Crippen LogP contribution in [0.5, 0.6) is 0 Å². The van der Waals surface area contributed by atoms with Gasteiger partial charge in [-0.15, -0.1) is 0 Å². The number of aromatic nitrogens is 4. The van der Waals surface area contributed by atoms with Crippen molar-refractivity contribution in [1.82, 2.24) is 0 Å². The Labute approximate surface area is 526 Å². The fourth-order valence-corrected chi connectivity index (χ4v) is 11.0. The molecule has 0 atom stereocenters. The molecule has 428 valence electrons. The van der Waals surface area contributed by atoms with Crippen LogP contribution < -0.4 is 18.3 Å². The number of nitrogens with zero attached hydrogens (tertiary/aromatic N) is 4. The minimum absolute atomic E-state index is 0.354. The fourth-order valence-electron chi connectivity index (χ4n) is 11.0. The minimum Gasteiger partial charge on any atom is -0.201 e. The van der Waals surface area contributed by atoms with Gasteiger partial charge in [-0.25, -0.2) is 18.3 Å². The molecule has 0 aliphatic heterocycles. The van der Waals surface area contributed by atoms with Crippen LogP contribution in [0.15, 0.2) is 255 Å². The van der Waals surface area contributed by atoms with Crippen molar-refractivity contribution in [3.8, 4) is 89.5 Å². The number of pyridine rings is 4. The molecule has 4 nitrogen and oxygen atoms in total. The van der Waals surface area contributed by atoms with Gasteiger partial charge in [0.05, 0.1) is 0 Å². The summed E-state index contributed by atoms with van der Waals surface area (Å²) in [5, 5.41) is 0. The number of benzene rings is 8. The highest BCUT2D eigenvalue weighted by Gasteiger charge is 2.18. The highest BCUT2D eigenvalue weighted by molar-refractivity contribution is 5.75. The average Bonchev–Trinajstić information content (AvgIpc) is 0.812. The second kappa shape index (κ2) is 27.8. The van der Waals surface area contributed by atoms with E-state index < -0.39 is 20.6 Å². The Hall–Kier alpha value is -9.64. The minimum atomic E-state index is -2.09. The van der Waals surface area contributed by atoms with Crippen LogP contribution in [0, 0.1) is 69.0 Å². The average molecular weight is 1130 g/mol. The lowest BCUT2D eigenvalue weighted by molar-refractivity contribution is -0.660. The Morgan fingerprint density at radius 1 is 0.221 bits per heavy atom. The van der Waals surface area contributed by atoms with Crippen LogP contribution in [0.4, 0.5) is 0 Å². The van der Waals surface area contributed by atoms with Crippen LogP contribution in [-0.4, -0.2) is 0 Å². The first-order valence-electron chi connectivity index (χ1n) is 33.7. The van der Waals surface area contributed by atoms with Crippen LogP contribution in [-0.2, 0) is 28.2 Å². The van der Waals surface area contributed by atoms with E-state index in [1.807, 2.05) is 121 Å². The summed E-state index contributed by atoms with van der Waals surface area (Å²) in [5.74, 6) is 0. The summed E-state index contributed by atoms with van der Waals surface area (Å²) in [5.41, 5.74) is 27.4. The smallest absolute Gasteiger partial charge is 0.201 e. The first-order valence-corrected chi connectivity index (χ1v) is 29.2. The predicted octanol–water partition coefficient (Wildman–Crippen LogP) is 18.5. The summed E-state index contributed by atoms with van der Waals surface area (Å²) >= 11 is 0. The topological polar surface area (TPSA) is 15.5 Å². The molecule has 0 saturated heterocycles. The summed E-state index contributed by atoms with van der Waals surface area (Å²) in [6.45, 7) is 8.03. The molecule has 0 amide bonds. The quantitative estimate of drug-likeness (QED) is 0.135. The Bertz CT molecular complexity index is 4500. The molecule has 12 rings (SSSR count). The maximum absolute atomic E-state index is 7.67. The molecule has 0 spiro atoms. The first kappa shape index (κ1) is 49.8. The van der Waals surface area contributed by atoms with Crippen molar-refractivity contribution < 1.29 is 30.6 Å². The standard InChI is InChI=1S/2C21H22N.2C20H20N/c2*1-15-13-21(22(4)14-17(15)3)20-11-10-19(12-16(20)2)18-8-6-5-7-9-18;2*1-15-9-12-20(21(3)14-15)19-11-10-18(13-16(19)2)17-7-5-4-6-8-17/h2*5-14H,1-4H3;2*4-14H,1-3H3/q4*+1/i2*3D3;1D3;. The molecule has 86 heavy (non-hydrogen) atoms. The zero-order valence-corrected chi connectivity index (χ0v) is 51.5. The molecule has 4 heteroatoms. The Morgan fingerprint density at radius 2 is 0.500 bits per heavy atom. The van der Waals surface area contributed by atoms with Gasteiger partial charge >= 0.3 is 0 Å². The van der Waals surface area contributed by atoms with E-state index in [-0.39, 0.29) is 0 Å². The molecule has 0 radical (unpaired) electrons. The summed E-state index contributed by atoms with van der Waals surface area (Å²) in [7, 11) is 7.78. The highest BCUT2D eigenvalue weighted by Crippen LogP contribution is 2.32. The van der Waals surface area contributed by atoms with Crippen molar-refractivity contribution in [1.29, 1.82) is 0 Å². The van der Waals surface area contributed by atoms with Crippen LogP contribution >= 0.6 is 0 Å². The van der Waals surface area contributed by atoms with Crippen molar-refractivity contribution in [2.75, 3.05) is 0 Å². The SMILES string of the molecule is Cc1ccc(-c2ccc(-c3ccccc3)cc2C)[n+](C)c1.[2H]C([2H])([2H])c1c[n+](C)c(-c2ccc(-c3ccccc3)cc2C)cc1C.[2H]C([2H])([2H])c1c[n+](C)c(-c2ccc(-c3ccccc3)cc2C)cc1C.[2H]C([2H])([2H])c1ccc(-c2ccc(-c3ccccc3)cc2C)[n+](C)c1. The predicted molar refractivity (Wildman–Crippen MR) is 361 cm³/mol. The van der Waals surface area contributed by atoms with E-state index in [1.165, 1.54) is 66.9 Å². The highest BCUT2D eigenvalue weighted by atomic mass is 14.9. The monoisotopic (exact) mass is 1130 g/mol. The number of hydrogen-bond donors (Lipinski definition) is 0. The number of rotatable bonds is 8. The van der Waals surface area contributed by atoms with Crippen LogP contribution in [0.3, 0.4) is 0 Å². The van der Waals surface area contributed by atoms with Gasteiger partial charge in [0.15, 0.2) is 24.8 Å². The van der Waals surface area contributed by atoms with Gasteiger partial charge in [0, 0.05) is 81.1 Å². The molecular formula is C82H84N4+4. The maximum atomic E-state index is 7.67. The van der Waals surface area contributed by atoms with Gasteiger partial charge in [0.25, 0.3) is 0 Å². The van der Waals surface area contributed by atoms with Gasteiger partial charge in [-0.1, -0.05) is 170 Å². The van der Waals surface area contributed by atoms with Crippen molar-refractivity contribution in [2.45, 2.75) is 69.0 Å². The van der Waals surface area contributed by atoms with Crippen molar-refractivity contribution in [3.63, 3.8) is 0 Å². The fraction of sp³-hybridized carbons (Fsp3) is 0.171. The van der Waals surface area contributed by atoms with Gasteiger partial charge in [-0.05, 0) is 183 Å². The van der Waals surface area contributed by atoms with Gasteiger partial charge in [0.2, 0.25) is 22.8 Å². The zero-order chi connectivity index (χ0) is 68.5. The van der Waals surface area contributed by atoms with E-state index in [9.17, 15) is 0 Å². The Kier molecular flexibility index (Phi) is 16.1. The van der Waals surface area contributed by atoms with E-state index in [0.717, 1.165) is 61.6 Å².